The first-order valence-corrected chi connectivity index (χ1v) is 5.16. The van der Waals surface area contributed by atoms with Gasteiger partial charge in [-0.15, -0.1) is 12.4 Å². The van der Waals surface area contributed by atoms with Gasteiger partial charge in [-0.05, 0) is 38.1 Å². The first kappa shape index (κ1) is 11.8. The Kier molecular flexibility index (Phi) is 3.78. The molecule has 1 saturated heterocycles. The van der Waals surface area contributed by atoms with E-state index in [2.05, 4.69) is 5.32 Å². The highest BCUT2D eigenvalue weighted by molar-refractivity contribution is 5.85. The fourth-order valence-electron chi connectivity index (χ4n) is 2.31. The second kappa shape index (κ2) is 4.49. The van der Waals surface area contributed by atoms with Crippen LogP contribution in [0.1, 0.15) is 26.2 Å². The van der Waals surface area contributed by atoms with Gasteiger partial charge in [0.25, 0.3) is 0 Å². The van der Waals surface area contributed by atoms with E-state index in [-0.39, 0.29) is 29.7 Å². The number of carbonyl (C=O) groups is 1. The van der Waals surface area contributed by atoms with Gasteiger partial charge in [-0.2, -0.15) is 0 Å². The second-order valence-corrected chi connectivity index (χ2v) is 4.13. The van der Waals surface area contributed by atoms with Gasteiger partial charge in [0, 0.05) is 6.54 Å². The summed E-state index contributed by atoms with van der Waals surface area (Å²) >= 11 is 0. The average molecular weight is 220 g/mol. The van der Waals surface area contributed by atoms with E-state index in [1.165, 1.54) is 12.8 Å². The van der Waals surface area contributed by atoms with Crippen LogP contribution >= 0.6 is 12.4 Å². The van der Waals surface area contributed by atoms with Crippen molar-refractivity contribution in [3.8, 4) is 0 Å². The van der Waals surface area contributed by atoms with E-state index in [9.17, 15) is 4.79 Å². The zero-order valence-corrected chi connectivity index (χ0v) is 9.36. The number of piperidine rings is 1. The molecular weight excluding hydrogens is 202 g/mol. The summed E-state index contributed by atoms with van der Waals surface area (Å²) in [6, 6.07) is 0. The summed E-state index contributed by atoms with van der Waals surface area (Å²) in [7, 11) is 0. The van der Waals surface area contributed by atoms with Crippen LogP contribution in [0.5, 0.6) is 0 Å². The Morgan fingerprint density at radius 3 is 2.86 bits per heavy atom. The summed E-state index contributed by atoms with van der Waals surface area (Å²) in [6.45, 7) is 4.36. The molecule has 2 rings (SSSR count). The lowest BCUT2D eigenvalue weighted by Crippen LogP contribution is -2.42. The summed E-state index contributed by atoms with van der Waals surface area (Å²) in [5, 5.41) is 3.36. The number of hydrogen-bond donors (Lipinski definition) is 1. The maximum absolute atomic E-state index is 11.6. The van der Waals surface area contributed by atoms with Gasteiger partial charge in [-0.1, -0.05) is 0 Å². The standard InChI is InChI=1S/C10H17NO2.ClH/c1-2-13-9(12)8-3-6-11-7-10(8)4-5-10;/h8,11H,2-7H2,1H3;1H. The Balaban J connectivity index is 0.000000980. The first-order chi connectivity index (χ1) is 6.28. The van der Waals surface area contributed by atoms with Crippen LogP contribution in [-0.2, 0) is 9.53 Å². The number of nitrogens with one attached hydrogen (secondary N) is 1. The van der Waals surface area contributed by atoms with E-state index in [1.807, 2.05) is 6.92 Å². The number of ether oxygens (including phenoxy) is 1. The molecular formula is C10H18ClNO2. The Bertz CT molecular complexity index is 216. The number of rotatable bonds is 2. The van der Waals surface area contributed by atoms with E-state index in [0.29, 0.717) is 6.61 Å². The van der Waals surface area contributed by atoms with Crippen molar-refractivity contribution in [2.45, 2.75) is 26.2 Å². The molecule has 0 amide bonds. The molecule has 3 nitrogen and oxygen atoms in total. The van der Waals surface area contributed by atoms with Gasteiger partial charge in [0.05, 0.1) is 12.5 Å². The van der Waals surface area contributed by atoms with Crippen molar-refractivity contribution in [3.63, 3.8) is 0 Å². The minimum Gasteiger partial charge on any atom is -0.466 e. The quantitative estimate of drug-likeness (QED) is 0.713. The maximum Gasteiger partial charge on any atom is 0.309 e. The third-order valence-corrected chi connectivity index (χ3v) is 3.29. The molecule has 1 N–H and O–H groups in total. The number of halogens is 1. The molecule has 1 saturated carbocycles. The minimum atomic E-state index is 0. The number of esters is 1. The third-order valence-electron chi connectivity index (χ3n) is 3.29. The summed E-state index contributed by atoms with van der Waals surface area (Å²) in [5.74, 6) is 0.204. The molecule has 1 heterocycles. The van der Waals surface area contributed by atoms with E-state index < -0.39 is 0 Å². The third kappa shape index (κ3) is 2.04. The fraction of sp³-hybridized carbons (Fsp3) is 0.900. The van der Waals surface area contributed by atoms with Crippen molar-refractivity contribution in [1.82, 2.24) is 5.32 Å². The lowest BCUT2D eigenvalue weighted by atomic mass is 9.83. The van der Waals surface area contributed by atoms with Gasteiger partial charge in [0.1, 0.15) is 0 Å². The minimum absolute atomic E-state index is 0. The van der Waals surface area contributed by atoms with Crippen molar-refractivity contribution in [2.75, 3.05) is 19.7 Å². The van der Waals surface area contributed by atoms with Crippen molar-refractivity contribution in [3.05, 3.63) is 0 Å². The molecule has 2 fully saturated rings. The molecule has 82 valence electrons. The van der Waals surface area contributed by atoms with Crippen LogP contribution in [0.4, 0.5) is 0 Å². The van der Waals surface area contributed by atoms with Gasteiger partial charge in [0.2, 0.25) is 0 Å². The molecule has 1 aliphatic heterocycles. The van der Waals surface area contributed by atoms with E-state index >= 15 is 0 Å². The zero-order chi connectivity index (χ0) is 9.31. The molecule has 1 spiro atoms. The van der Waals surface area contributed by atoms with Crippen molar-refractivity contribution in [1.29, 1.82) is 0 Å². The molecule has 0 bridgehead atoms. The molecule has 1 unspecified atom stereocenters. The Morgan fingerprint density at radius 2 is 2.29 bits per heavy atom. The highest BCUT2D eigenvalue weighted by Gasteiger charge is 2.53. The number of carbonyl (C=O) groups excluding carboxylic acids is 1. The summed E-state index contributed by atoms with van der Waals surface area (Å²) < 4.78 is 5.09. The van der Waals surface area contributed by atoms with Crippen molar-refractivity contribution >= 4 is 18.4 Å². The molecule has 1 atom stereocenters. The lowest BCUT2D eigenvalue weighted by Gasteiger charge is -2.30. The predicted molar refractivity (Wildman–Crippen MR) is 56.5 cm³/mol. The van der Waals surface area contributed by atoms with Crippen LogP contribution in [0.3, 0.4) is 0 Å². The monoisotopic (exact) mass is 219 g/mol. The van der Waals surface area contributed by atoms with Gasteiger partial charge in [-0.25, -0.2) is 0 Å². The fourth-order valence-corrected chi connectivity index (χ4v) is 2.31. The van der Waals surface area contributed by atoms with Gasteiger partial charge in [-0.3, -0.25) is 4.79 Å². The highest BCUT2D eigenvalue weighted by atomic mass is 35.5. The van der Waals surface area contributed by atoms with Gasteiger partial charge < -0.3 is 10.1 Å². The molecule has 0 aromatic heterocycles. The van der Waals surface area contributed by atoms with Gasteiger partial charge >= 0.3 is 5.97 Å². The van der Waals surface area contributed by atoms with Crippen LogP contribution < -0.4 is 5.32 Å². The van der Waals surface area contributed by atoms with Crippen LogP contribution in [0.25, 0.3) is 0 Å². The van der Waals surface area contributed by atoms with Crippen LogP contribution in [0.15, 0.2) is 0 Å². The molecule has 0 aromatic carbocycles. The SMILES string of the molecule is CCOC(=O)C1CCNCC12CC2.Cl. The predicted octanol–water partition coefficient (Wildman–Crippen LogP) is 1.36. The van der Waals surface area contributed by atoms with Crippen LogP contribution in [0.2, 0.25) is 0 Å². The van der Waals surface area contributed by atoms with Crippen LogP contribution in [0, 0.1) is 11.3 Å². The largest absolute Gasteiger partial charge is 0.466 e. The van der Waals surface area contributed by atoms with Gasteiger partial charge in [0.15, 0.2) is 0 Å². The lowest BCUT2D eigenvalue weighted by molar-refractivity contribution is -0.151. The second-order valence-electron chi connectivity index (χ2n) is 4.13. The molecule has 4 heteroatoms. The molecule has 0 radical (unpaired) electrons. The normalized spacial score (nSPS) is 27.9. The van der Waals surface area contributed by atoms with Crippen LogP contribution in [-0.4, -0.2) is 25.7 Å². The smallest absolute Gasteiger partial charge is 0.309 e. The van der Waals surface area contributed by atoms with E-state index in [4.69, 9.17) is 4.74 Å². The molecule has 0 aromatic rings. The Hall–Kier alpha value is -0.280. The zero-order valence-electron chi connectivity index (χ0n) is 8.54. The highest BCUT2D eigenvalue weighted by Crippen LogP contribution is 2.54. The van der Waals surface area contributed by atoms with Crippen molar-refractivity contribution < 1.29 is 9.53 Å². The van der Waals surface area contributed by atoms with E-state index in [1.54, 1.807) is 0 Å². The topological polar surface area (TPSA) is 38.3 Å². The summed E-state index contributed by atoms with van der Waals surface area (Å²) in [6.07, 6.45) is 3.35. The average Bonchev–Trinajstić information content (AvgIpc) is 2.87. The molecule has 2 aliphatic rings. The summed E-state index contributed by atoms with van der Waals surface area (Å²) in [5.41, 5.74) is 0.282. The molecule has 1 aliphatic carbocycles. The summed E-state index contributed by atoms with van der Waals surface area (Å²) in [4.78, 5) is 11.6. The Labute approximate surface area is 91.0 Å². The van der Waals surface area contributed by atoms with Crippen molar-refractivity contribution in [2.24, 2.45) is 11.3 Å². The molecule has 14 heavy (non-hydrogen) atoms. The van der Waals surface area contributed by atoms with E-state index in [0.717, 1.165) is 19.5 Å². The maximum atomic E-state index is 11.6. The Morgan fingerprint density at radius 1 is 1.57 bits per heavy atom. The number of hydrogen-bond acceptors (Lipinski definition) is 3. The first-order valence-electron chi connectivity index (χ1n) is 5.16.